The molecule has 0 aliphatic carbocycles. The van der Waals surface area contributed by atoms with Crippen molar-refractivity contribution in [2.75, 3.05) is 4.90 Å². The highest BCUT2D eigenvalue weighted by Crippen LogP contribution is 2.46. The van der Waals surface area contributed by atoms with Crippen molar-refractivity contribution in [3.05, 3.63) is 218 Å². The lowest BCUT2D eigenvalue weighted by atomic mass is 9.94. The lowest BCUT2D eigenvalue weighted by Crippen LogP contribution is -2.12. The molecule has 0 saturated heterocycles. The number of fused-ring (bicyclic) bond motifs is 6. The first-order valence-corrected chi connectivity index (χ1v) is 19.4. The highest BCUT2D eigenvalue weighted by Gasteiger charge is 2.22. The molecule has 3 heteroatoms. The van der Waals surface area contributed by atoms with Crippen LogP contribution < -0.4 is 4.90 Å². The highest BCUT2D eigenvalue weighted by atomic mass is 16.3. The van der Waals surface area contributed by atoms with Gasteiger partial charge in [-0.05, 0) is 88.5 Å². The van der Waals surface area contributed by atoms with Gasteiger partial charge in [0.2, 0.25) is 0 Å². The highest BCUT2D eigenvalue weighted by molar-refractivity contribution is 6.13. The minimum atomic E-state index is 0.884. The van der Waals surface area contributed by atoms with E-state index in [1.54, 1.807) is 0 Å². The molecule has 0 bridgehead atoms. The molecule has 0 radical (unpaired) electrons. The quantitative estimate of drug-likeness (QED) is 0.163. The van der Waals surface area contributed by atoms with E-state index in [9.17, 15) is 0 Å². The second kappa shape index (κ2) is 13.6. The third-order valence-corrected chi connectivity index (χ3v) is 11.2. The summed E-state index contributed by atoms with van der Waals surface area (Å²) in [5.41, 5.74) is 15.4. The lowest BCUT2D eigenvalue weighted by molar-refractivity contribution is 0.669. The Morgan fingerprint density at radius 3 is 1.74 bits per heavy atom. The molecular weight excluding hydrogens is 693 g/mol. The van der Waals surface area contributed by atoms with Gasteiger partial charge in [0.05, 0.1) is 16.7 Å². The zero-order valence-corrected chi connectivity index (χ0v) is 31.1. The maximum Gasteiger partial charge on any atom is 0.136 e. The summed E-state index contributed by atoms with van der Waals surface area (Å²) in [7, 11) is 0. The van der Waals surface area contributed by atoms with Gasteiger partial charge in [-0.3, -0.25) is 0 Å². The van der Waals surface area contributed by atoms with Crippen molar-refractivity contribution in [1.29, 1.82) is 0 Å². The van der Waals surface area contributed by atoms with Crippen LogP contribution in [0.2, 0.25) is 0 Å². The molecule has 3 nitrogen and oxygen atoms in total. The standard InChI is InChI=1S/C54H36N2O/c1-4-15-37(16-5-1)38-27-30-42(31-28-38)55(43-32-34-47-46-21-10-12-24-49(46)56(51(47)36-43)41-19-8-3-9-20-41)50-35-40(29-33-44(50)39-17-6-2-7-18-39)45-23-14-26-53-54(45)48-22-11-13-25-52(48)57-53/h1-36H. The number of nitrogens with zero attached hydrogens (tertiary/aromatic N) is 2. The van der Waals surface area contributed by atoms with Crippen LogP contribution in [0.15, 0.2) is 223 Å². The summed E-state index contributed by atoms with van der Waals surface area (Å²) in [5.74, 6) is 0. The van der Waals surface area contributed by atoms with Crippen LogP contribution in [-0.2, 0) is 0 Å². The third-order valence-electron chi connectivity index (χ3n) is 11.2. The number of para-hydroxylation sites is 3. The summed E-state index contributed by atoms with van der Waals surface area (Å²) in [4.78, 5) is 2.43. The van der Waals surface area contributed by atoms with Crippen LogP contribution in [0.25, 0.3) is 82.8 Å². The number of benzene rings is 9. The summed E-state index contributed by atoms with van der Waals surface area (Å²) >= 11 is 0. The van der Waals surface area contributed by atoms with Gasteiger partial charge in [0.1, 0.15) is 11.2 Å². The fraction of sp³-hybridized carbons (Fsp3) is 0. The zero-order chi connectivity index (χ0) is 37.7. The van der Waals surface area contributed by atoms with Crippen molar-refractivity contribution < 1.29 is 4.42 Å². The fourth-order valence-corrected chi connectivity index (χ4v) is 8.58. The van der Waals surface area contributed by atoms with Crippen molar-refractivity contribution in [3.63, 3.8) is 0 Å². The summed E-state index contributed by atoms with van der Waals surface area (Å²) < 4.78 is 8.77. The molecule has 57 heavy (non-hydrogen) atoms. The molecule has 9 aromatic carbocycles. The third kappa shape index (κ3) is 5.60. The SMILES string of the molecule is c1ccc(-c2ccc(N(c3ccc4c5ccccc5n(-c5ccccc5)c4c3)c3cc(-c4cccc5oc6ccccc6c45)ccc3-c3ccccc3)cc2)cc1. The van der Waals surface area contributed by atoms with Crippen LogP contribution in [0.3, 0.4) is 0 Å². The van der Waals surface area contributed by atoms with Gasteiger partial charge in [0.15, 0.2) is 0 Å². The Bertz CT molecular complexity index is 3220. The van der Waals surface area contributed by atoms with E-state index < -0.39 is 0 Å². The molecule has 0 amide bonds. The van der Waals surface area contributed by atoms with Crippen LogP contribution in [0, 0.1) is 0 Å². The number of aromatic nitrogens is 1. The monoisotopic (exact) mass is 728 g/mol. The second-order valence-electron chi connectivity index (χ2n) is 14.5. The van der Waals surface area contributed by atoms with Gasteiger partial charge in [-0.2, -0.15) is 0 Å². The molecule has 11 aromatic rings. The van der Waals surface area contributed by atoms with Crippen LogP contribution in [-0.4, -0.2) is 4.57 Å². The fourth-order valence-electron chi connectivity index (χ4n) is 8.58. The van der Waals surface area contributed by atoms with E-state index in [2.05, 4.69) is 222 Å². The van der Waals surface area contributed by atoms with Crippen LogP contribution in [0.4, 0.5) is 17.1 Å². The van der Waals surface area contributed by atoms with Crippen molar-refractivity contribution in [2.24, 2.45) is 0 Å². The van der Waals surface area contributed by atoms with E-state index >= 15 is 0 Å². The van der Waals surface area contributed by atoms with Gasteiger partial charge < -0.3 is 13.9 Å². The molecule has 0 unspecified atom stereocenters. The molecule has 2 heterocycles. The molecular formula is C54H36N2O. The predicted molar refractivity (Wildman–Crippen MR) is 239 cm³/mol. The average molecular weight is 729 g/mol. The summed E-state index contributed by atoms with van der Waals surface area (Å²) in [6.45, 7) is 0. The molecule has 0 saturated carbocycles. The number of hydrogen-bond donors (Lipinski definition) is 0. The lowest BCUT2D eigenvalue weighted by Gasteiger charge is -2.29. The summed E-state index contributed by atoms with van der Waals surface area (Å²) in [6.07, 6.45) is 0. The number of hydrogen-bond acceptors (Lipinski definition) is 2. The molecule has 2 aromatic heterocycles. The minimum Gasteiger partial charge on any atom is -0.456 e. The van der Waals surface area contributed by atoms with E-state index in [-0.39, 0.29) is 0 Å². The maximum atomic E-state index is 6.37. The molecule has 0 atom stereocenters. The topological polar surface area (TPSA) is 21.3 Å². The molecule has 11 rings (SSSR count). The molecule has 0 aliphatic rings. The Kier molecular flexibility index (Phi) is 7.82. The smallest absolute Gasteiger partial charge is 0.136 e. The Hall–Kier alpha value is -7.62. The summed E-state index contributed by atoms with van der Waals surface area (Å²) in [6, 6.07) is 78.3. The normalized spacial score (nSPS) is 11.5. The van der Waals surface area contributed by atoms with Gasteiger partial charge in [0.25, 0.3) is 0 Å². The van der Waals surface area contributed by atoms with Gasteiger partial charge >= 0.3 is 0 Å². The van der Waals surface area contributed by atoms with E-state index in [0.29, 0.717) is 0 Å². The van der Waals surface area contributed by atoms with E-state index in [1.807, 2.05) is 6.07 Å². The zero-order valence-electron chi connectivity index (χ0n) is 31.1. The second-order valence-corrected chi connectivity index (χ2v) is 14.5. The largest absolute Gasteiger partial charge is 0.456 e. The number of rotatable bonds is 7. The maximum absolute atomic E-state index is 6.37. The predicted octanol–water partition coefficient (Wildman–Crippen LogP) is 15.2. The Morgan fingerprint density at radius 2 is 0.947 bits per heavy atom. The van der Waals surface area contributed by atoms with Crippen molar-refractivity contribution in [2.45, 2.75) is 0 Å². The van der Waals surface area contributed by atoms with Crippen molar-refractivity contribution in [3.8, 4) is 39.1 Å². The van der Waals surface area contributed by atoms with Crippen molar-refractivity contribution >= 4 is 60.8 Å². The molecule has 0 spiro atoms. The Morgan fingerprint density at radius 1 is 0.351 bits per heavy atom. The van der Waals surface area contributed by atoms with Crippen molar-refractivity contribution in [1.82, 2.24) is 4.57 Å². The summed E-state index contributed by atoms with van der Waals surface area (Å²) in [5, 5.41) is 4.69. The Labute approximate surface area is 330 Å². The minimum absolute atomic E-state index is 0.884. The Balaban J connectivity index is 1.19. The van der Waals surface area contributed by atoms with Gasteiger partial charge in [-0.25, -0.2) is 0 Å². The van der Waals surface area contributed by atoms with Crippen LogP contribution in [0.1, 0.15) is 0 Å². The first kappa shape index (κ1) is 32.8. The molecule has 0 N–H and O–H groups in total. The van der Waals surface area contributed by atoms with E-state index in [1.165, 1.54) is 27.4 Å². The number of anilines is 3. The number of furan rings is 1. The van der Waals surface area contributed by atoms with E-state index in [4.69, 9.17) is 4.42 Å². The molecule has 0 fully saturated rings. The molecule has 268 valence electrons. The first-order chi connectivity index (χ1) is 28.3. The average Bonchev–Trinajstić information content (AvgIpc) is 3.83. The van der Waals surface area contributed by atoms with Gasteiger partial charge in [-0.1, -0.05) is 158 Å². The van der Waals surface area contributed by atoms with Gasteiger partial charge in [-0.15, -0.1) is 0 Å². The van der Waals surface area contributed by atoms with Gasteiger partial charge in [0, 0.05) is 44.2 Å². The molecule has 0 aliphatic heterocycles. The first-order valence-electron chi connectivity index (χ1n) is 19.4. The van der Waals surface area contributed by atoms with E-state index in [0.717, 1.165) is 72.5 Å². The van der Waals surface area contributed by atoms with Crippen LogP contribution in [0.5, 0.6) is 0 Å². The van der Waals surface area contributed by atoms with Crippen LogP contribution >= 0.6 is 0 Å².